The Balaban J connectivity index is 2.44. The summed E-state index contributed by atoms with van der Waals surface area (Å²) in [4.78, 5) is 11.5. The number of ketones is 1. The van der Waals surface area contributed by atoms with E-state index in [9.17, 15) is 9.18 Å². The van der Waals surface area contributed by atoms with Gasteiger partial charge in [0, 0.05) is 4.47 Å². The van der Waals surface area contributed by atoms with E-state index in [2.05, 4.69) is 15.9 Å². The highest BCUT2D eigenvalue weighted by Gasteiger charge is 2.13. The van der Waals surface area contributed by atoms with Crippen LogP contribution in [0.4, 0.5) is 4.39 Å². The Morgan fingerprint density at radius 2 is 2.00 bits per heavy atom. The molecule has 0 saturated carbocycles. The lowest BCUT2D eigenvalue weighted by molar-refractivity contribution is 0.101. The van der Waals surface area contributed by atoms with Gasteiger partial charge in [0.25, 0.3) is 0 Å². The number of ether oxygens (including phenoxy) is 1. The first-order chi connectivity index (χ1) is 8.99. The topological polar surface area (TPSA) is 26.3 Å². The Hall–Kier alpha value is -1.39. The van der Waals surface area contributed by atoms with Crippen molar-refractivity contribution >= 4 is 33.3 Å². The fraction of sp³-hybridized carbons (Fsp3) is 0.0714. The van der Waals surface area contributed by atoms with Crippen LogP contribution in [0.1, 0.15) is 17.3 Å². The van der Waals surface area contributed by atoms with Crippen LogP contribution in [-0.2, 0) is 0 Å². The van der Waals surface area contributed by atoms with Crippen LogP contribution in [0.25, 0.3) is 0 Å². The summed E-state index contributed by atoms with van der Waals surface area (Å²) in [7, 11) is 0. The number of benzene rings is 2. The summed E-state index contributed by atoms with van der Waals surface area (Å²) in [5.41, 5.74) is 0.369. The SMILES string of the molecule is CC(=O)c1cc(Br)ccc1Oc1cccc(Cl)c1F. The third-order valence-corrected chi connectivity index (χ3v) is 3.24. The molecule has 19 heavy (non-hydrogen) atoms. The van der Waals surface area contributed by atoms with Crippen molar-refractivity contribution in [3.05, 3.63) is 57.3 Å². The first-order valence-corrected chi connectivity index (χ1v) is 6.58. The van der Waals surface area contributed by atoms with E-state index in [1.165, 1.54) is 19.1 Å². The summed E-state index contributed by atoms with van der Waals surface area (Å²) in [5.74, 6) is -0.547. The van der Waals surface area contributed by atoms with Crippen molar-refractivity contribution in [2.75, 3.05) is 0 Å². The van der Waals surface area contributed by atoms with Crippen LogP contribution in [0.2, 0.25) is 5.02 Å². The van der Waals surface area contributed by atoms with Crippen molar-refractivity contribution in [1.82, 2.24) is 0 Å². The lowest BCUT2D eigenvalue weighted by atomic mass is 10.1. The van der Waals surface area contributed by atoms with Gasteiger partial charge in [-0.3, -0.25) is 4.79 Å². The second kappa shape index (κ2) is 5.72. The average molecular weight is 344 g/mol. The Bertz CT molecular complexity index is 643. The van der Waals surface area contributed by atoms with Crippen LogP contribution in [0, 0.1) is 5.82 Å². The second-order valence-corrected chi connectivity index (χ2v) is 5.17. The molecule has 0 saturated heterocycles. The summed E-state index contributed by atoms with van der Waals surface area (Å²) in [6, 6.07) is 9.39. The standard InChI is InChI=1S/C14H9BrClFO2/c1-8(18)10-7-9(15)5-6-12(10)19-13-4-2-3-11(16)14(13)17/h2-7H,1H3. The minimum absolute atomic E-state index is 0.0164. The number of hydrogen-bond donors (Lipinski definition) is 0. The maximum Gasteiger partial charge on any atom is 0.184 e. The van der Waals surface area contributed by atoms with Crippen LogP contribution in [0.5, 0.6) is 11.5 Å². The van der Waals surface area contributed by atoms with E-state index < -0.39 is 5.82 Å². The smallest absolute Gasteiger partial charge is 0.184 e. The van der Waals surface area contributed by atoms with Crippen LogP contribution >= 0.6 is 27.5 Å². The molecule has 0 aromatic heterocycles. The summed E-state index contributed by atoms with van der Waals surface area (Å²) < 4.78 is 19.9. The summed E-state index contributed by atoms with van der Waals surface area (Å²) in [6.45, 7) is 1.42. The zero-order chi connectivity index (χ0) is 14.0. The van der Waals surface area contributed by atoms with E-state index in [0.717, 1.165) is 4.47 Å². The first kappa shape index (κ1) is 14.0. The molecule has 2 aromatic carbocycles. The molecule has 0 bridgehead atoms. The van der Waals surface area contributed by atoms with E-state index in [-0.39, 0.29) is 22.3 Å². The van der Waals surface area contributed by atoms with Crippen molar-refractivity contribution in [3.8, 4) is 11.5 Å². The molecule has 0 atom stereocenters. The molecule has 0 spiro atoms. The summed E-state index contributed by atoms with van der Waals surface area (Å²) >= 11 is 8.95. The van der Waals surface area contributed by atoms with Gasteiger partial charge in [-0.05, 0) is 37.3 Å². The van der Waals surface area contributed by atoms with Crippen molar-refractivity contribution in [2.24, 2.45) is 0 Å². The third-order valence-electron chi connectivity index (χ3n) is 2.46. The van der Waals surface area contributed by atoms with Crippen LogP contribution in [0.15, 0.2) is 40.9 Å². The van der Waals surface area contributed by atoms with Crippen molar-refractivity contribution in [3.63, 3.8) is 0 Å². The quantitative estimate of drug-likeness (QED) is 0.713. The normalized spacial score (nSPS) is 10.3. The molecule has 2 rings (SSSR count). The predicted molar refractivity (Wildman–Crippen MR) is 75.6 cm³/mol. The maximum atomic E-state index is 13.7. The van der Waals surface area contributed by atoms with Crippen molar-refractivity contribution in [1.29, 1.82) is 0 Å². The minimum Gasteiger partial charge on any atom is -0.453 e. The predicted octanol–water partition coefficient (Wildman–Crippen LogP) is 5.24. The van der Waals surface area contributed by atoms with Gasteiger partial charge in [-0.25, -0.2) is 4.39 Å². The van der Waals surface area contributed by atoms with Crippen LogP contribution in [-0.4, -0.2) is 5.78 Å². The molecule has 0 aliphatic rings. The van der Waals surface area contributed by atoms with Gasteiger partial charge in [0.15, 0.2) is 17.3 Å². The number of carbonyl (C=O) groups excluding carboxylic acids is 1. The van der Waals surface area contributed by atoms with Crippen LogP contribution in [0.3, 0.4) is 0 Å². The second-order valence-electron chi connectivity index (χ2n) is 3.85. The molecule has 2 nitrogen and oxygen atoms in total. The first-order valence-electron chi connectivity index (χ1n) is 5.41. The Labute approximate surface area is 123 Å². The number of rotatable bonds is 3. The zero-order valence-electron chi connectivity index (χ0n) is 9.91. The largest absolute Gasteiger partial charge is 0.453 e. The molecule has 0 aliphatic carbocycles. The molecule has 5 heteroatoms. The van der Waals surface area contributed by atoms with E-state index in [0.29, 0.717) is 5.56 Å². The lowest BCUT2D eigenvalue weighted by Gasteiger charge is -2.11. The fourth-order valence-corrected chi connectivity index (χ4v) is 2.07. The molecule has 98 valence electrons. The molecule has 2 aromatic rings. The molecule has 0 fully saturated rings. The molecule has 0 amide bonds. The molecule has 0 radical (unpaired) electrons. The molecule has 0 N–H and O–H groups in total. The lowest BCUT2D eigenvalue weighted by Crippen LogP contribution is -1.98. The minimum atomic E-state index is -0.651. The highest BCUT2D eigenvalue weighted by molar-refractivity contribution is 9.10. The molecule has 0 aliphatic heterocycles. The van der Waals surface area contributed by atoms with E-state index >= 15 is 0 Å². The average Bonchev–Trinajstić information content (AvgIpc) is 2.36. The van der Waals surface area contributed by atoms with Gasteiger partial charge >= 0.3 is 0 Å². The Morgan fingerprint density at radius 1 is 1.26 bits per heavy atom. The van der Waals surface area contributed by atoms with Crippen molar-refractivity contribution < 1.29 is 13.9 Å². The third kappa shape index (κ3) is 3.14. The van der Waals surface area contributed by atoms with Gasteiger partial charge in [-0.1, -0.05) is 33.6 Å². The van der Waals surface area contributed by atoms with E-state index in [1.54, 1.807) is 24.3 Å². The van der Waals surface area contributed by atoms with Gasteiger partial charge in [0.05, 0.1) is 10.6 Å². The summed E-state index contributed by atoms with van der Waals surface area (Å²) in [5, 5.41) is -0.0287. The van der Waals surface area contributed by atoms with E-state index in [1.807, 2.05) is 0 Å². The molecular weight excluding hydrogens is 335 g/mol. The van der Waals surface area contributed by atoms with Crippen LogP contribution < -0.4 is 4.74 Å². The number of hydrogen-bond acceptors (Lipinski definition) is 2. The van der Waals surface area contributed by atoms with Gasteiger partial charge in [0.2, 0.25) is 0 Å². The number of halogens is 3. The van der Waals surface area contributed by atoms with Gasteiger partial charge < -0.3 is 4.74 Å². The molecule has 0 heterocycles. The van der Waals surface area contributed by atoms with E-state index in [4.69, 9.17) is 16.3 Å². The Morgan fingerprint density at radius 3 is 2.68 bits per heavy atom. The Kier molecular flexibility index (Phi) is 4.22. The van der Waals surface area contributed by atoms with Gasteiger partial charge in [-0.15, -0.1) is 0 Å². The van der Waals surface area contributed by atoms with Gasteiger partial charge in [0.1, 0.15) is 5.75 Å². The highest BCUT2D eigenvalue weighted by atomic mass is 79.9. The molecular formula is C14H9BrClFO2. The maximum absolute atomic E-state index is 13.7. The number of carbonyl (C=O) groups is 1. The molecule has 0 unspecified atom stereocenters. The zero-order valence-corrected chi connectivity index (χ0v) is 12.3. The number of Topliss-reactive ketones (excluding diaryl/α,β-unsaturated/α-hetero) is 1. The van der Waals surface area contributed by atoms with Gasteiger partial charge in [-0.2, -0.15) is 0 Å². The summed E-state index contributed by atoms with van der Waals surface area (Å²) in [6.07, 6.45) is 0. The highest BCUT2D eigenvalue weighted by Crippen LogP contribution is 2.32. The van der Waals surface area contributed by atoms with Crippen molar-refractivity contribution in [2.45, 2.75) is 6.92 Å². The fourth-order valence-electron chi connectivity index (χ4n) is 1.55. The monoisotopic (exact) mass is 342 g/mol.